The number of ether oxygens (including phenoxy) is 1. The van der Waals surface area contributed by atoms with Gasteiger partial charge < -0.3 is 10.5 Å². The number of anilines is 1. The van der Waals surface area contributed by atoms with Crippen molar-refractivity contribution in [1.82, 2.24) is 14.8 Å². The fourth-order valence-electron chi connectivity index (χ4n) is 1.72. The average molecular weight is 246 g/mol. The van der Waals surface area contributed by atoms with Crippen molar-refractivity contribution in [3.8, 4) is 5.82 Å². The fraction of sp³-hybridized carbons (Fsp3) is 0.250. The van der Waals surface area contributed by atoms with Gasteiger partial charge in [-0.25, -0.2) is 14.5 Å². The minimum Gasteiger partial charge on any atom is -0.465 e. The largest absolute Gasteiger partial charge is 0.465 e. The van der Waals surface area contributed by atoms with Crippen molar-refractivity contribution < 1.29 is 9.53 Å². The number of nitrogen functional groups attached to an aromatic ring is 1. The first-order chi connectivity index (χ1) is 8.52. The molecule has 2 aromatic heterocycles. The van der Waals surface area contributed by atoms with E-state index in [-0.39, 0.29) is 11.3 Å². The van der Waals surface area contributed by atoms with Crippen molar-refractivity contribution in [2.75, 3.05) is 12.8 Å². The summed E-state index contributed by atoms with van der Waals surface area (Å²) in [6.45, 7) is 3.80. The van der Waals surface area contributed by atoms with E-state index in [1.807, 2.05) is 19.9 Å². The zero-order chi connectivity index (χ0) is 13.3. The van der Waals surface area contributed by atoms with Crippen molar-refractivity contribution in [1.29, 1.82) is 0 Å². The summed E-state index contributed by atoms with van der Waals surface area (Å²) in [5, 5.41) is 4.30. The van der Waals surface area contributed by atoms with E-state index in [0.29, 0.717) is 5.82 Å². The number of carbonyl (C=O) groups is 1. The highest BCUT2D eigenvalue weighted by Crippen LogP contribution is 2.16. The van der Waals surface area contributed by atoms with E-state index in [1.165, 1.54) is 13.3 Å². The molecule has 0 spiro atoms. The number of aryl methyl sites for hydroxylation is 2. The lowest BCUT2D eigenvalue weighted by Crippen LogP contribution is -2.09. The van der Waals surface area contributed by atoms with Gasteiger partial charge in [0.05, 0.1) is 30.3 Å². The molecule has 6 heteroatoms. The van der Waals surface area contributed by atoms with E-state index < -0.39 is 5.97 Å². The van der Waals surface area contributed by atoms with Gasteiger partial charge in [-0.2, -0.15) is 5.10 Å². The minimum absolute atomic E-state index is 0.284. The van der Waals surface area contributed by atoms with Gasteiger partial charge in [0, 0.05) is 5.69 Å². The Morgan fingerprint density at radius 3 is 2.67 bits per heavy atom. The Morgan fingerprint density at radius 2 is 2.11 bits per heavy atom. The van der Waals surface area contributed by atoms with E-state index in [2.05, 4.69) is 14.8 Å². The Morgan fingerprint density at radius 1 is 1.39 bits per heavy atom. The van der Waals surface area contributed by atoms with E-state index >= 15 is 0 Å². The van der Waals surface area contributed by atoms with Gasteiger partial charge in [0.25, 0.3) is 0 Å². The van der Waals surface area contributed by atoms with Crippen LogP contribution in [0.15, 0.2) is 18.3 Å². The van der Waals surface area contributed by atoms with Crippen LogP contribution in [0.1, 0.15) is 21.7 Å². The number of nitrogens with two attached hydrogens (primary N) is 1. The highest BCUT2D eigenvalue weighted by Gasteiger charge is 2.13. The van der Waals surface area contributed by atoms with Crippen LogP contribution in [0.2, 0.25) is 0 Å². The van der Waals surface area contributed by atoms with Crippen LogP contribution in [-0.2, 0) is 4.74 Å². The molecule has 0 amide bonds. The molecule has 0 saturated carbocycles. The average Bonchev–Trinajstić information content (AvgIpc) is 2.68. The maximum Gasteiger partial charge on any atom is 0.340 e. The molecule has 18 heavy (non-hydrogen) atoms. The fourth-order valence-corrected chi connectivity index (χ4v) is 1.72. The van der Waals surface area contributed by atoms with E-state index in [4.69, 9.17) is 5.73 Å². The molecule has 2 N–H and O–H groups in total. The summed E-state index contributed by atoms with van der Waals surface area (Å²) in [7, 11) is 1.31. The Hall–Kier alpha value is -2.37. The zero-order valence-electron chi connectivity index (χ0n) is 10.5. The Bertz CT molecular complexity index is 604. The topological polar surface area (TPSA) is 83.0 Å². The molecule has 2 rings (SSSR count). The van der Waals surface area contributed by atoms with Crippen molar-refractivity contribution in [2.24, 2.45) is 0 Å². The summed E-state index contributed by atoms with van der Waals surface area (Å²) in [6, 6.07) is 3.50. The minimum atomic E-state index is -0.488. The van der Waals surface area contributed by atoms with Gasteiger partial charge in [-0.3, -0.25) is 0 Å². The molecule has 0 unspecified atom stereocenters. The third-order valence-corrected chi connectivity index (χ3v) is 2.55. The molecule has 0 aliphatic rings. The summed E-state index contributed by atoms with van der Waals surface area (Å²) in [5.74, 6) is 0.0490. The summed E-state index contributed by atoms with van der Waals surface area (Å²) in [4.78, 5) is 15.7. The predicted octanol–water partition coefficient (Wildman–Crippen LogP) is 1.25. The normalized spacial score (nSPS) is 10.4. The molecule has 6 nitrogen and oxygen atoms in total. The van der Waals surface area contributed by atoms with Gasteiger partial charge >= 0.3 is 5.97 Å². The molecule has 0 fully saturated rings. The van der Waals surface area contributed by atoms with Crippen molar-refractivity contribution in [3.63, 3.8) is 0 Å². The van der Waals surface area contributed by atoms with Crippen LogP contribution in [0, 0.1) is 13.8 Å². The van der Waals surface area contributed by atoms with Gasteiger partial charge in [0.2, 0.25) is 0 Å². The molecule has 0 radical (unpaired) electrons. The van der Waals surface area contributed by atoms with Crippen molar-refractivity contribution >= 4 is 11.7 Å². The third kappa shape index (κ3) is 2.04. The van der Waals surface area contributed by atoms with Crippen LogP contribution < -0.4 is 5.73 Å². The second-order valence-corrected chi connectivity index (χ2v) is 3.96. The lowest BCUT2D eigenvalue weighted by atomic mass is 10.2. The number of rotatable bonds is 2. The number of hydrogen-bond donors (Lipinski definition) is 1. The van der Waals surface area contributed by atoms with Gasteiger partial charge in [0.15, 0.2) is 5.82 Å². The SMILES string of the molecule is COC(=O)c1cc(-n2nc(C)cc2C)ncc1N. The van der Waals surface area contributed by atoms with Crippen LogP contribution in [0.4, 0.5) is 5.69 Å². The molecular weight excluding hydrogens is 232 g/mol. The monoisotopic (exact) mass is 246 g/mol. The molecule has 0 aromatic carbocycles. The second-order valence-electron chi connectivity index (χ2n) is 3.96. The molecule has 2 heterocycles. The van der Waals surface area contributed by atoms with Crippen LogP contribution in [-0.4, -0.2) is 27.8 Å². The molecule has 0 saturated heterocycles. The van der Waals surface area contributed by atoms with E-state index in [0.717, 1.165) is 11.4 Å². The standard InChI is InChI=1S/C12H14N4O2/c1-7-4-8(2)16(15-7)11-5-9(12(17)18-3)10(13)6-14-11/h4-6H,13H2,1-3H3. The zero-order valence-corrected chi connectivity index (χ0v) is 10.5. The van der Waals surface area contributed by atoms with Crippen LogP contribution in [0.25, 0.3) is 5.82 Å². The molecule has 0 atom stereocenters. The molecule has 0 aliphatic carbocycles. The number of methoxy groups -OCH3 is 1. The number of carbonyl (C=O) groups excluding carboxylic acids is 1. The Kier molecular flexibility index (Phi) is 3.01. The first kappa shape index (κ1) is 12.1. The number of nitrogens with zero attached hydrogens (tertiary/aromatic N) is 3. The first-order valence-corrected chi connectivity index (χ1v) is 5.40. The van der Waals surface area contributed by atoms with E-state index in [1.54, 1.807) is 10.7 Å². The maximum atomic E-state index is 11.5. The number of esters is 1. The Labute approximate surface area is 104 Å². The molecule has 0 aliphatic heterocycles. The molecule has 0 bridgehead atoms. The van der Waals surface area contributed by atoms with Gasteiger partial charge in [-0.1, -0.05) is 0 Å². The maximum absolute atomic E-state index is 11.5. The summed E-state index contributed by atoms with van der Waals surface area (Å²) in [6.07, 6.45) is 1.43. The first-order valence-electron chi connectivity index (χ1n) is 5.40. The highest BCUT2D eigenvalue weighted by atomic mass is 16.5. The van der Waals surface area contributed by atoms with Gasteiger partial charge in [-0.05, 0) is 26.0 Å². The quantitative estimate of drug-likeness (QED) is 0.806. The van der Waals surface area contributed by atoms with Gasteiger partial charge in [-0.15, -0.1) is 0 Å². The van der Waals surface area contributed by atoms with Crippen molar-refractivity contribution in [3.05, 3.63) is 35.3 Å². The second kappa shape index (κ2) is 4.48. The lowest BCUT2D eigenvalue weighted by molar-refractivity contribution is 0.0602. The van der Waals surface area contributed by atoms with Gasteiger partial charge in [0.1, 0.15) is 0 Å². The Balaban J connectivity index is 2.53. The highest BCUT2D eigenvalue weighted by molar-refractivity contribution is 5.95. The number of aromatic nitrogens is 3. The third-order valence-electron chi connectivity index (χ3n) is 2.55. The summed E-state index contributed by atoms with van der Waals surface area (Å²) >= 11 is 0. The lowest BCUT2D eigenvalue weighted by Gasteiger charge is -2.07. The number of pyridine rings is 1. The van der Waals surface area contributed by atoms with Crippen molar-refractivity contribution in [2.45, 2.75) is 13.8 Å². The molecule has 2 aromatic rings. The van der Waals surface area contributed by atoms with Crippen LogP contribution >= 0.6 is 0 Å². The predicted molar refractivity (Wildman–Crippen MR) is 66.6 cm³/mol. The smallest absolute Gasteiger partial charge is 0.340 e. The summed E-state index contributed by atoms with van der Waals surface area (Å²) in [5.41, 5.74) is 8.08. The van der Waals surface area contributed by atoms with Crippen LogP contribution in [0.3, 0.4) is 0 Å². The number of hydrogen-bond acceptors (Lipinski definition) is 5. The molecule has 94 valence electrons. The molecular formula is C12H14N4O2. The summed E-state index contributed by atoms with van der Waals surface area (Å²) < 4.78 is 6.32. The van der Waals surface area contributed by atoms with Crippen LogP contribution in [0.5, 0.6) is 0 Å². The van der Waals surface area contributed by atoms with E-state index in [9.17, 15) is 4.79 Å².